The zero-order valence-corrected chi connectivity index (χ0v) is 28.1. The molecule has 52 heavy (non-hydrogen) atoms. The molecule has 0 saturated heterocycles. The number of benzene rings is 8. The molecule has 3 heteroatoms. The summed E-state index contributed by atoms with van der Waals surface area (Å²) in [6.45, 7) is 0. The van der Waals surface area contributed by atoms with Crippen LogP contribution < -0.4 is 0 Å². The summed E-state index contributed by atoms with van der Waals surface area (Å²) in [4.78, 5) is 4.87. The van der Waals surface area contributed by atoms with Crippen LogP contribution in [0.5, 0.6) is 0 Å². The van der Waals surface area contributed by atoms with Gasteiger partial charge in [-0.3, -0.25) is 4.98 Å². The van der Waals surface area contributed by atoms with E-state index >= 15 is 0 Å². The molecule has 3 aromatic heterocycles. The smallest absolute Gasteiger partial charge is 0.0793 e. The van der Waals surface area contributed by atoms with Gasteiger partial charge in [-0.1, -0.05) is 103 Å². The Bertz CT molecular complexity index is 3260. The average Bonchev–Trinajstić information content (AvgIpc) is 3.83. The monoisotopic (exact) mass is 659 g/mol. The van der Waals surface area contributed by atoms with Crippen molar-refractivity contribution in [1.29, 1.82) is 0 Å². The molecule has 0 N–H and O–H groups in total. The lowest BCUT2D eigenvalue weighted by atomic mass is 10.00. The SMILES string of the molecule is c1ccc(-n2c3ccc(-c4ccc5c(c4)c4ccccc4n5-c4ccc5c6c(nccc46)-c4ccccc4-5)cc3c3cc4ccccc4cc32)cc1. The molecule has 0 spiro atoms. The van der Waals surface area contributed by atoms with Crippen LogP contribution in [0, 0.1) is 0 Å². The third-order valence-corrected chi connectivity index (χ3v) is 11.3. The van der Waals surface area contributed by atoms with Crippen molar-refractivity contribution < 1.29 is 0 Å². The quantitative estimate of drug-likeness (QED) is 0.185. The van der Waals surface area contributed by atoms with Crippen molar-refractivity contribution >= 4 is 65.2 Å². The predicted molar refractivity (Wildman–Crippen MR) is 218 cm³/mol. The van der Waals surface area contributed by atoms with Gasteiger partial charge in [-0.15, -0.1) is 0 Å². The summed E-state index contributed by atoms with van der Waals surface area (Å²) in [5.74, 6) is 0. The van der Waals surface area contributed by atoms with Crippen molar-refractivity contribution in [3.63, 3.8) is 0 Å². The van der Waals surface area contributed by atoms with E-state index in [1.807, 2.05) is 6.20 Å². The van der Waals surface area contributed by atoms with Gasteiger partial charge in [0.05, 0.1) is 33.4 Å². The predicted octanol–water partition coefficient (Wildman–Crippen LogP) is 12.9. The third kappa shape index (κ3) is 3.72. The Morgan fingerprint density at radius 3 is 1.83 bits per heavy atom. The van der Waals surface area contributed by atoms with Gasteiger partial charge in [0.2, 0.25) is 0 Å². The molecule has 0 bridgehead atoms. The highest BCUT2D eigenvalue weighted by Gasteiger charge is 2.25. The molecule has 0 amide bonds. The molecule has 3 heterocycles. The van der Waals surface area contributed by atoms with E-state index in [0.717, 1.165) is 5.69 Å². The Kier molecular flexibility index (Phi) is 5.50. The lowest BCUT2D eigenvalue weighted by molar-refractivity contribution is 1.18. The van der Waals surface area contributed by atoms with Gasteiger partial charge >= 0.3 is 0 Å². The molecule has 0 atom stereocenters. The van der Waals surface area contributed by atoms with Crippen molar-refractivity contribution in [3.05, 3.63) is 176 Å². The van der Waals surface area contributed by atoms with E-state index in [-0.39, 0.29) is 0 Å². The summed E-state index contributed by atoms with van der Waals surface area (Å²) in [5, 5.41) is 9.97. The van der Waals surface area contributed by atoms with Gasteiger partial charge in [-0.2, -0.15) is 0 Å². The highest BCUT2D eigenvalue weighted by molar-refractivity contribution is 6.18. The number of hydrogen-bond donors (Lipinski definition) is 0. The molecule has 1 aliphatic rings. The first-order valence-electron chi connectivity index (χ1n) is 17.9. The zero-order valence-electron chi connectivity index (χ0n) is 28.1. The van der Waals surface area contributed by atoms with Crippen LogP contribution in [-0.2, 0) is 0 Å². The van der Waals surface area contributed by atoms with E-state index in [0.29, 0.717) is 0 Å². The average molecular weight is 660 g/mol. The van der Waals surface area contributed by atoms with Crippen LogP contribution >= 0.6 is 0 Å². The Morgan fingerprint density at radius 2 is 1.00 bits per heavy atom. The molecular weight excluding hydrogens is 631 g/mol. The normalized spacial score (nSPS) is 12.2. The molecular formula is C49H29N3. The second-order valence-corrected chi connectivity index (χ2v) is 14.0. The molecule has 11 aromatic rings. The van der Waals surface area contributed by atoms with E-state index in [1.165, 1.54) is 104 Å². The summed E-state index contributed by atoms with van der Waals surface area (Å²) in [6.07, 6.45) is 1.97. The van der Waals surface area contributed by atoms with Crippen molar-refractivity contribution in [2.24, 2.45) is 0 Å². The Balaban J connectivity index is 1.08. The van der Waals surface area contributed by atoms with Crippen molar-refractivity contribution in [2.75, 3.05) is 0 Å². The fourth-order valence-corrected chi connectivity index (χ4v) is 8.98. The summed E-state index contributed by atoms with van der Waals surface area (Å²) < 4.78 is 4.85. The molecule has 0 aliphatic heterocycles. The van der Waals surface area contributed by atoms with Gasteiger partial charge in [-0.25, -0.2) is 0 Å². The first-order chi connectivity index (χ1) is 25.8. The minimum atomic E-state index is 1.07. The van der Waals surface area contributed by atoms with Gasteiger partial charge in [-0.05, 0) is 99.8 Å². The molecule has 0 saturated carbocycles. The standard InChI is InChI=1S/C49H29N3/c1-2-12-34(13-3-1)51-45-21-18-33(28-41(45)42-26-30-10-4-5-11-31(30)29-47(42)51)32-19-22-46-40(27-32)36-15-8-9-17-43(36)52(46)44-23-20-37-35-14-6-7-16-38(35)49-48(37)39(44)24-25-50-49/h1-29H. The van der Waals surface area contributed by atoms with Gasteiger partial charge < -0.3 is 9.13 Å². The van der Waals surface area contributed by atoms with Crippen LogP contribution in [-0.4, -0.2) is 14.1 Å². The molecule has 0 unspecified atom stereocenters. The molecule has 240 valence electrons. The van der Waals surface area contributed by atoms with Crippen LogP contribution in [0.4, 0.5) is 0 Å². The van der Waals surface area contributed by atoms with Gasteiger partial charge in [0.1, 0.15) is 0 Å². The van der Waals surface area contributed by atoms with Crippen LogP contribution in [0.15, 0.2) is 176 Å². The van der Waals surface area contributed by atoms with Crippen LogP contribution in [0.3, 0.4) is 0 Å². The number of hydrogen-bond acceptors (Lipinski definition) is 1. The van der Waals surface area contributed by atoms with Crippen molar-refractivity contribution in [2.45, 2.75) is 0 Å². The lowest BCUT2D eigenvalue weighted by Gasteiger charge is -2.13. The summed E-state index contributed by atoms with van der Waals surface area (Å²) in [7, 11) is 0. The summed E-state index contributed by atoms with van der Waals surface area (Å²) >= 11 is 0. The summed E-state index contributed by atoms with van der Waals surface area (Å²) in [6, 6.07) is 62.3. The van der Waals surface area contributed by atoms with Gasteiger partial charge in [0.15, 0.2) is 0 Å². The minimum absolute atomic E-state index is 1.07. The zero-order chi connectivity index (χ0) is 33.9. The Labute approximate surface area is 299 Å². The van der Waals surface area contributed by atoms with Gasteiger partial charge in [0.25, 0.3) is 0 Å². The van der Waals surface area contributed by atoms with Crippen LogP contribution in [0.2, 0.25) is 0 Å². The number of aromatic nitrogens is 3. The number of pyridine rings is 1. The maximum atomic E-state index is 4.87. The Hall–Kier alpha value is -6.97. The fourth-order valence-electron chi connectivity index (χ4n) is 8.98. The molecule has 1 aliphatic carbocycles. The van der Waals surface area contributed by atoms with Crippen LogP contribution in [0.1, 0.15) is 0 Å². The molecule has 0 radical (unpaired) electrons. The summed E-state index contributed by atoms with van der Waals surface area (Å²) in [5.41, 5.74) is 14.4. The number of para-hydroxylation sites is 2. The number of nitrogens with zero attached hydrogens (tertiary/aromatic N) is 3. The first-order valence-corrected chi connectivity index (χ1v) is 17.9. The van der Waals surface area contributed by atoms with Gasteiger partial charge in [0, 0.05) is 49.8 Å². The second-order valence-electron chi connectivity index (χ2n) is 14.0. The van der Waals surface area contributed by atoms with E-state index in [2.05, 4.69) is 179 Å². The number of rotatable bonds is 3. The highest BCUT2D eigenvalue weighted by atomic mass is 15.0. The molecule has 0 fully saturated rings. The lowest BCUT2D eigenvalue weighted by Crippen LogP contribution is -1.96. The van der Waals surface area contributed by atoms with E-state index in [9.17, 15) is 0 Å². The molecule has 3 nitrogen and oxygen atoms in total. The second kappa shape index (κ2) is 10.3. The Morgan fingerprint density at radius 1 is 0.365 bits per heavy atom. The van der Waals surface area contributed by atoms with Crippen molar-refractivity contribution in [1.82, 2.24) is 14.1 Å². The molecule has 8 aromatic carbocycles. The number of fused-ring (bicyclic) bond motifs is 10. The first kappa shape index (κ1) is 27.8. The molecule has 12 rings (SSSR count). The maximum absolute atomic E-state index is 4.87. The topological polar surface area (TPSA) is 22.8 Å². The van der Waals surface area contributed by atoms with Crippen molar-refractivity contribution in [3.8, 4) is 44.9 Å². The van der Waals surface area contributed by atoms with E-state index in [1.54, 1.807) is 0 Å². The van der Waals surface area contributed by atoms with E-state index < -0.39 is 0 Å². The maximum Gasteiger partial charge on any atom is 0.0793 e. The largest absolute Gasteiger partial charge is 0.309 e. The fraction of sp³-hybridized carbons (Fsp3) is 0. The van der Waals surface area contributed by atoms with Crippen LogP contribution in [0.25, 0.3) is 110 Å². The van der Waals surface area contributed by atoms with E-state index in [4.69, 9.17) is 4.98 Å². The third-order valence-electron chi connectivity index (χ3n) is 11.3. The highest BCUT2D eigenvalue weighted by Crippen LogP contribution is 2.48. The minimum Gasteiger partial charge on any atom is -0.309 e.